The Labute approximate surface area is 95.5 Å². The number of nitrogens with zero attached hydrogens (tertiary/aromatic N) is 6. The van der Waals surface area contributed by atoms with Gasteiger partial charge in [0.1, 0.15) is 12.2 Å². The highest BCUT2D eigenvalue weighted by molar-refractivity contribution is 7.98. The lowest BCUT2D eigenvalue weighted by Crippen LogP contribution is -2.06. The van der Waals surface area contributed by atoms with Crippen molar-refractivity contribution in [3.05, 3.63) is 12.2 Å². The predicted octanol–water partition coefficient (Wildman–Crippen LogP) is -0.543. The third kappa shape index (κ3) is 2.37. The molecule has 0 amide bonds. The van der Waals surface area contributed by atoms with E-state index in [0.717, 1.165) is 5.16 Å². The Balaban J connectivity index is 2.07. The van der Waals surface area contributed by atoms with Crippen molar-refractivity contribution in [3.63, 3.8) is 0 Å². The Morgan fingerprint density at radius 3 is 2.50 bits per heavy atom. The van der Waals surface area contributed by atoms with E-state index in [-0.39, 0.29) is 11.9 Å². The number of hydrogen-bond acceptors (Lipinski definition) is 8. The summed E-state index contributed by atoms with van der Waals surface area (Å²) in [6, 6.07) is 0. The van der Waals surface area contributed by atoms with Gasteiger partial charge < -0.3 is 16.0 Å². The van der Waals surface area contributed by atoms with Crippen LogP contribution in [0.5, 0.6) is 0 Å². The van der Waals surface area contributed by atoms with Gasteiger partial charge in [0.05, 0.1) is 5.75 Å². The molecule has 0 radical (unpaired) electrons. The fourth-order valence-corrected chi connectivity index (χ4v) is 1.80. The van der Waals surface area contributed by atoms with Crippen molar-refractivity contribution in [3.8, 4) is 0 Å². The van der Waals surface area contributed by atoms with E-state index in [1.807, 2.05) is 7.05 Å². The molecule has 0 saturated heterocycles. The van der Waals surface area contributed by atoms with Crippen molar-refractivity contribution in [1.82, 2.24) is 29.7 Å². The lowest BCUT2D eigenvalue weighted by molar-refractivity contribution is 0.787. The maximum atomic E-state index is 5.45. The van der Waals surface area contributed by atoms with Crippen LogP contribution >= 0.6 is 11.8 Å². The Bertz CT molecular complexity index is 475. The molecule has 16 heavy (non-hydrogen) atoms. The molecule has 0 unspecified atom stereocenters. The molecule has 0 spiro atoms. The summed E-state index contributed by atoms with van der Waals surface area (Å²) in [5, 5.41) is 8.45. The van der Waals surface area contributed by atoms with E-state index in [9.17, 15) is 0 Å². The quantitative estimate of drug-likeness (QED) is 0.683. The summed E-state index contributed by atoms with van der Waals surface area (Å²) in [5.74, 6) is 1.30. The molecule has 4 N–H and O–H groups in total. The minimum absolute atomic E-state index is 0.126. The number of thioether (sulfide) groups is 1. The number of nitrogen functional groups attached to an aromatic ring is 2. The maximum Gasteiger partial charge on any atom is 0.225 e. The molecule has 0 bridgehead atoms. The van der Waals surface area contributed by atoms with Crippen molar-refractivity contribution in [2.24, 2.45) is 7.05 Å². The average Bonchev–Trinajstić information content (AvgIpc) is 2.59. The predicted molar refractivity (Wildman–Crippen MR) is 59.2 cm³/mol. The van der Waals surface area contributed by atoms with Crippen LogP contribution in [0.3, 0.4) is 0 Å². The molecule has 84 valence electrons. The second kappa shape index (κ2) is 4.31. The van der Waals surface area contributed by atoms with Crippen molar-refractivity contribution in [2.75, 3.05) is 11.5 Å². The number of aryl methyl sites for hydroxylation is 1. The van der Waals surface area contributed by atoms with Crippen LogP contribution in [0.1, 0.15) is 5.82 Å². The molecule has 0 aromatic carbocycles. The average molecular weight is 238 g/mol. The Kier molecular flexibility index (Phi) is 2.86. The molecule has 0 aliphatic heterocycles. The Morgan fingerprint density at radius 2 is 1.94 bits per heavy atom. The molecule has 9 heteroatoms. The van der Waals surface area contributed by atoms with Crippen LogP contribution in [0.25, 0.3) is 0 Å². The molecule has 8 nitrogen and oxygen atoms in total. The third-order valence-electron chi connectivity index (χ3n) is 1.72. The summed E-state index contributed by atoms with van der Waals surface area (Å²) in [6.07, 6.45) is 1.62. The molecule has 2 heterocycles. The van der Waals surface area contributed by atoms with Gasteiger partial charge in [-0.25, -0.2) is 0 Å². The molecule has 0 aliphatic rings. The monoisotopic (exact) mass is 238 g/mol. The van der Waals surface area contributed by atoms with Gasteiger partial charge in [0.2, 0.25) is 11.9 Å². The smallest absolute Gasteiger partial charge is 0.225 e. The van der Waals surface area contributed by atoms with Gasteiger partial charge in [0.15, 0.2) is 5.16 Å². The lowest BCUT2D eigenvalue weighted by atomic mass is 10.7. The van der Waals surface area contributed by atoms with Crippen LogP contribution in [0.2, 0.25) is 0 Å². The Hall–Kier alpha value is -1.90. The molecule has 0 saturated carbocycles. The fourth-order valence-electron chi connectivity index (χ4n) is 1.05. The van der Waals surface area contributed by atoms with E-state index >= 15 is 0 Å². The summed E-state index contributed by atoms with van der Waals surface area (Å²) in [6.45, 7) is 0. The summed E-state index contributed by atoms with van der Waals surface area (Å²) in [5.41, 5.74) is 10.9. The summed E-state index contributed by atoms with van der Waals surface area (Å²) >= 11 is 1.45. The number of rotatable bonds is 3. The van der Waals surface area contributed by atoms with Gasteiger partial charge in [-0.3, -0.25) is 0 Å². The summed E-state index contributed by atoms with van der Waals surface area (Å²) < 4.78 is 1.80. The zero-order valence-corrected chi connectivity index (χ0v) is 9.35. The highest BCUT2D eigenvalue weighted by Gasteiger charge is 2.06. The van der Waals surface area contributed by atoms with Gasteiger partial charge in [-0.15, -0.1) is 10.2 Å². The van der Waals surface area contributed by atoms with E-state index in [2.05, 4.69) is 25.1 Å². The van der Waals surface area contributed by atoms with Crippen LogP contribution in [0, 0.1) is 0 Å². The maximum absolute atomic E-state index is 5.45. The summed E-state index contributed by atoms with van der Waals surface area (Å²) in [7, 11) is 1.86. The Morgan fingerprint density at radius 1 is 1.25 bits per heavy atom. The van der Waals surface area contributed by atoms with Crippen LogP contribution < -0.4 is 11.5 Å². The fraction of sp³-hybridized carbons (Fsp3) is 0.286. The molecule has 0 aliphatic carbocycles. The second-order valence-electron chi connectivity index (χ2n) is 2.98. The standard InChI is InChI=1S/C7H10N8S/c1-15-3-10-14-7(15)16-2-4-11-5(8)13-6(9)12-4/h3H,2H2,1H3,(H4,8,9,11,12,13). The number of hydrogen-bond donors (Lipinski definition) is 2. The van der Waals surface area contributed by atoms with Crippen LogP contribution in [0.4, 0.5) is 11.9 Å². The first-order chi connectivity index (χ1) is 7.65. The van der Waals surface area contributed by atoms with Gasteiger partial charge in [-0.2, -0.15) is 15.0 Å². The van der Waals surface area contributed by atoms with Crippen molar-refractivity contribution in [1.29, 1.82) is 0 Å². The largest absolute Gasteiger partial charge is 0.368 e. The second-order valence-corrected chi connectivity index (χ2v) is 3.92. The van der Waals surface area contributed by atoms with Crippen molar-refractivity contribution < 1.29 is 0 Å². The highest BCUT2D eigenvalue weighted by atomic mass is 32.2. The number of nitrogens with two attached hydrogens (primary N) is 2. The van der Waals surface area contributed by atoms with E-state index < -0.39 is 0 Å². The van der Waals surface area contributed by atoms with E-state index in [1.54, 1.807) is 10.9 Å². The van der Waals surface area contributed by atoms with Gasteiger partial charge in [0.25, 0.3) is 0 Å². The van der Waals surface area contributed by atoms with Gasteiger partial charge in [-0.1, -0.05) is 11.8 Å². The zero-order valence-electron chi connectivity index (χ0n) is 8.53. The highest BCUT2D eigenvalue weighted by Crippen LogP contribution is 2.18. The minimum Gasteiger partial charge on any atom is -0.368 e. The van der Waals surface area contributed by atoms with Gasteiger partial charge in [-0.05, 0) is 0 Å². The lowest BCUT2D eigenvalue weighted by Gasteiger charge is -2.01. The summed E-state index contributed by atoms with van der Waals surface area (Å²) in [4.78, 5) is 11.6. The molecule has 0 fully saturated rings. The van der Waals surface area contributed by atoms with Gasteiger partial charge in [0, 0.05) is 7.05 Å². The van der Waals surface area contributed by atoms with Crippen LogP contribution in [-0.4, -0.2) is 29.7 Å². The van der Waals surface area contributed by atoms with E-state index in [4.69, 9.17) is 11.5 Å². The minimum atomic E-state index is 0.126. The SMILES string of the molecule is Cn1cnnc1SCc1nc(N)nc(N)n1. The number of anilines is 2. The molecule has 2 aromatic heterocycles. The topological polar surface area (TPSA) is 121 Å². The van der Waals surface area contributed by atoms with Crippen molar-refractivity contribution in [2.45, 2.75) is 10.9 Å². The first-order valence-electron chi connectivity index (χ1n) is 4.38. The van der Waals surface area contributed by atoms with Crippen LogP contribution in [0.15, 0.2) is 11.5 Å². The molecular formula is C7H10N8S. The number of aromatic nitrogens is 6. The van der Waals surface area contributed by atoms with E-state index in [1.165, 1.54) is 11.8 Å². The normalized spacial score (nSPS) is 10.6. The van der Waals surface area contributed by atoms with Crippen LogP contribution in [-0.2, 0) is 12.8 Å². The molecule has 2 aromatic rings. The first kappa shape index (κ1) is 10.6. The zero-order chi connectivity index (χ0) is 11.5. The van der Waals surface area contributed by atoms with E-state index in [0.29, 0.717) is 11.6 Å². The van der Waals surface area contributed by atoms with Gasteiger partial charge >= 0.3 is 0 Å². The third-order valence-corrected chi connectivity index (χ3v) is 2.75. The van der Waals surface area contributed by atoms with Crippen molar-refractivity contribution >= 4 is 23.7 Å². The molecular weight excluding hydrogens is 228 g/mol. The molecule has 2 rings (SSSR count). The first-order valence-corrected chi connectivity index (χ1v) is 5.36. The molecule has 0 atom stereocenters.